The Morgan fingerprint density at radius 1 is 1.70 bits per heavy atom. The molecule has 1 unspecified atom stereocenters. The normalized spacial score (nSPS) is 34.4. The largest absolute Gasteiger partial charge is 0.298 e. The van der Waals surface area contributed by atoms with Crippen molar-refractivity contribution in [1.29, 1.82) is 0 Å². The van der Waals surface area contributed by atoms with Gasteiger partial charge in [0.05, 0.1) is 4.83 Å². The Morgan fingerprint density at radius 2 is 2.40 bits per heavy atom. The standard InChI is InChI=1S/C8H13BrO/c1-2-6-4-3-5-7(10)8(6)9/h6,8H,2-5H2,1H3/t6-,8?/m0/s1. The molecule has 0 saturated heterocycles. The van der Waals surface area contributed by atoms with E-state index in [4.69, 9.17) is 0 Å². The number of carbonyl (C=O) groups is 1. The highest BCUT2D eigenvalue weighted by Crippen LogP contribution is 2.29. The molecule has 0 bridgehead atoms. The number of halogens is 1. The summed E-state index contributed by atoms with van der Waals surface area (Å²) in [5.74, 6) is 0.999. The number of alkyl halides is 1. The van der Waals surface area contributed by atoms with Crippen LogP contribution in [0.3, 0.4) is 0 Å². The Bertz CT molecular complexity index is 133. The van der Waals surface area contributed by atoms with E-state index in [1.165, 1.54) is 6.42 Å². The average molecular weight is 205 g/mol. The average Bonchev–Trinajstić information content (AvgIpc) is 1.95. The Morgan fingerprint density at radius 3 is 2.90 bits per heavy atom. The second-order valence-corrected chi connectivity index (χ2v) is 3.92. The van der Waals surface area contributed by atoms with Crippen LogP contribution in [0.4, 0.5) is 0 Å². The molecule has 0 N–H and O–H groups in total. The number of Topliss-reactive ketones (excluding diaryl/α,β-unsaturated/α-hetero) is 1. The van der Waals surface area contributed by atoms with Crippen molar-refractivity contribution >= 4 is 21.7 Å². The van der Waals surface area contributed by atoms with Crippen molar-refractivity contribution in [3.8, 4) is 0 Å². The highest BCUT2D eigenvalue weighted by Gasteiger charge is 2.27. The fourth-order valence-electron chi connectivity index (χ4n) is 1.50. The molecule has 0 heterocycles. The zero-order chi connectivity index (χ0) is 7.56. The van der Waals surface area contributed by atoms with Crippen molar-refractivity contribution in [3.05, 3.63) is 0 Å². The molecular weight excluding hydrogens is 192 g/mol. The van der Waals surface area contributed by atoms with E-state index in [-0.39, 0.29) is 4.83 Å². The summed E-state index contributed by atoms with van der Waals surface area (Å²) >= 11 is 3.43. The van der Waals surface area contributed by atoms with Crippen molar-refractivity contribution in [2.75, 3.05) is 0 Å². The molecule has 0 aromatic carbocycles. The second-order valence-electron chi connectivity index (χ2n) is 2.93. The minimum absolute atomic E-state index is 0.159. The first-order valence-corrected chi connectivity index (χ1v) is 4.84. The van der Waals surface area contributed by atoms with Crippen LogP contribution in [-0.2, 0) is 4.79 Å². The van der Waals surface area contributed by atoms with E-state index >= 15 is 0 Å². The van der Waals surface area contributed by atoms with Crippen molar-refractivity contribution in [3.63, 3.8) is 0 Å². The summed E-state index contributed by atoms with van der Waals surface area (Å²) < 4.78 is 0. The molecule has 2 atom stereocenters. The van der Waals surface area contributed by atoms with Gasteiger partial charge in [-0.15, -0.1) is 0 Å². The summed E-state index contributed by atoms with van der Waals surface area (Å²) in [4.78, 5) is 11.3. The van der Waals surface area contributed by atoms with Gasteiger partial charge in [0.1, 0.15) is 5.78 Å². The van der Waals surface area contributed by atoms with Crippen LogP contribution in [0, 0.1) is 5.92 Å². The van der Waals surface area contributed by atoms with Crippen LogP contribution in [0.5, 0.6) is 0 Å². The third kappa shape index (κ3) is 1.60. The van der Waals surface area contributed by atoms with Gasteiger partial charge in [-0.1, -0.05) is 29.3 Å². The van der Waals surface area contributed by atoms with Gasteiger partial charge < -0.3 is 0 Å². The molecule has 2 heteroatoms. The third-order valence-electron chi connectivity index (χ3n) is 2.24. The number of hydrogen-bond donors (Lipinski definition) is 0. The van der Waals surface area contributed by atoms with Gasteiger partial charge in [0.25, 0.3) is 0 Å². The van der Waals surface area contributed by atoms with E-state index in [1.807, 2.05) is 0 Å². The Labute approximate surface area is 70.3 Å². The zero-order valence-corrected chi connectivity index (χ0v) is 7.86. The molecular formula is C8H13BrO. The molecule has 1 nitrogen and oxygen atoms in total. The van der Waals surface area contributed by atoms with Gasteiger partial charge in [-0.05, 0) is 18.8 Å². The van der Waals surface area contributed by atoms with Crippen LogP contribution in [-0.4, -0.2) is 10.6 Å². The Balaban J connectivity index is 2.51. The molecule has 1 rings (SSSR count). The minimum Gasteiger partial charge on any atom is -0.298 e. The summed E-state index contributed by atoms with van der Waals surface area (Å²) in [6, 6.07) is 0. The monoisotopic (exact) mass is 204 g/mol. The molecule has 1 aliphatic rings. The molecule has 0 amide bonds. The Hall–Kier alpha value is 0.150. The summed E-state index contributed by atoms with van der Waals surface area (Å²) in [5.41, 5.74) is 0. The fraction of sp³-hybridized carbons (Fsp3) is 0.875. The van der Waals surface area contributed by atoms with Gasteiger partial charge in [0.15, 0.2) is 0 Å². The lowest BCUT2D eigenvalue weighted by Gasteiger charge is -2.24. The van der Waals surface area contributed by atoms with Gasteiger partial charge in [0, 0.05) is 6.42 Å². The molecule has 0 aliphatic heterocycles. The van der Waals surface area contributed by atoms with Gasteiger partial charge in [-0.25, -0.2) is 0 Å². The Kier molecular flexibility index (Phi) is 2.90. The first-order chi connectivity index (χ1) is 4.75. The fourth-order valence-corrected chi connectivity index (χ4v) is 2.36. The van der Waals surface area contributed by atoms with Crippen molar-refractivity contribution in [2.24, 2.45) is 5.92 Å². The lowest BCUT2D eigenvalue weighted by atomic mass is 9.86. The van der Waals surface area contributed by atoms with Crippen molar-refractivity contribution < 1.29 is 4.79 Å². The van der Waals surface area contributed by atoms with Crippen LogP contribution in [0.25, 0.3) is 0 Å². The minimum atomic E-state index is 0.159. The summed E-state index contributed by atoms with van der Waals surface area (Å²) in [6.07, 6.45) is 4.23. The molecule has 1 aliphatic carbocycles. The molecule has 0 spiro atoms. The molecule has 1 saturated carbocycles. The van der Waals surface area contributed by atoms with E-state index in [1.54, 1.807) is 0 Å². The summed E-state index contributed by atoms with van der Waals surface area (Å²) in [6.45, 7) is 2.15. The molecule has 58 valence electrons. The van der Waals surface area contributed by atoms with Crippen LogP contribution in [0.15, 0.2) is 0 Å². The number of rotatable bonds is 1. The smallest absolute Gasteiger partial charge is 0.146 e. The predicted molar refractivity (Wildman–Crippen MR) is 45.4 cm³/mol. The van der Waals surface area contributed by atoms with Crippen LogP contribution in [0.1, 0.15) is 32.6 Å². The number of hydrogen-bond acceptors (Lipinski definition) is 1. The highest BCUT2D eigenvalue weighted by molar-refractivity contribution is 9.10. The highest BCUT2D eigenvalue weighted by atomic mass is 79.9. The van der Waals surface area contributed by atoms with Gasteiger partial charge in [0.2, 0.25) is 0 Å². The van der Waals surface area contributed by atoms with Gasteiger partial charge in [-0.2, -0.15) is 0 Å². The molecule has 0 radical (unpaired) electrons. The first kappa shape index (κ1) is 8.25. The number of carbonyl (C=O) groups excluding carboxylic acids is 1. The maximum atomic E-state index is 11.1. The van der Waals surface area contributed by atoms with E-state index in [0.29, 0.717) is 11.7 Å². The van der Waals surface area contributed by atoms with E-state index < -0.39 is 0 Å². The maximum Gasteiger partial charge on any atom is 0.146 e. The molecule has 0 aromatic heterocycles. The second kappa shape index (κ2) is 3.51. The maximum absolute atomic E-state index is 11.1. The van der Waals surface area contributed by atoms with E-state index in [2.05, 4.69) is 22.9 Å². The molecule has 1 fully saturated rings. The van der Waals surface area contributed by atoms with E-state index in [0.717, 1.165) is 19.3 Å². The third-order valence-corrected chi connectivity index (χ3v) is 3.50. The van der Waals surface area contributed by atoms with Crippen LogP contribution >= 0.6 is 15.9 Å². The van der Waals surface area contributed by atoms with Gasteiger partial charge in [-0.3, -0.25) is 4.79 Å². The van der Waals surface area contributed by atoms with Crippen molar-refractivity contribution in [1.82, 2.24) is 0 Å². The lowest BCUT2D eigenvalue weighted by Crippen LogP contribution is -2.27. The van der Waals surface area contributed by atoms with Gasteiger partial charge >= 0.3 is 0 Å². The topological polar surface area (TPSA) is 17.1 Å². The van der Waals surface area contributed by atoms with Crippen LogP contribution < -0.4 is 0 Å². The predicted octanol–water partition coefficient (Wildman–Crippen LogP) is 2.53. The van der Waals surface area contributed by atoms with Crippen LogP contribution in [0.2, 0.25) is 0 Å². The van der Waals surface area contributed by atoms with Crippen molar-refractivity contribution in [2.45, 2.75) is 37.4 Å². The SMILES string of the molecule is CC[C@H]1CCCC(=O)C1Br. The molecule has 0 aromatic rings. The number of ketones is 1. The molecule has 10 heavy (non-hydrogen) atoms. The van der Waals surface area contributed by atoms with E-state index in [9.17, 15) is 4.79 Å². The summed E-state index contributed by atoms with van der Waals surface area (Å²) in [5, 5.41) is 0. The first-order valence-electron chi connectivity index (χ1n) is 3.92. The summed E-state index contributed by atoms with van der Waals surface area (Å²) in [7, 11) is 0. The lowest BCUT2D eigenvalue weighted by molar-refractivity contribution is -0.120. The quantitative estimate of drug-likeness (QED) is 0.601. The zero-order valence-electron chi connectivity index (χ0n) is 6.27.